The Bertz CT molecular complexity index is 908. The molecule has 10 heteroatoms. The van der Waals surface area contributed by atoms with E-state index < -0.39 is 11.9 Å². The highest BCUT2D eigenvalue weighted by atomic mass is 16.2. The molecule has 1 atom stereocenters. The van der Waals surface area contributed by atoms with Crippen LogP contribution in [0.4, 0.5) is 17.2 Å². The van der Waals surface area contributed by atoms with Crippen molar-refractivity contribution in [3.05, 3.63) is 55.0 Å². The molecule has 4 N–H and O–H groups in total. The number of carbonyl (C=O) groups is 2. The monoisotopic (exact) mass is 352 g/mol. The maximum absolute atomic E-state index is 12.2. The van der Waals surface area contributed by atoms with E-state index in [1.165, 1.54) is 29.7 Å². The van der Waals surface area contributed by atoms with Gasteiger partial charge < -0.3 is 16.4 Å². The van der Waals surface area contributed by atoms with Crippen molar-refractivity contribution in [2.45, 2.75) is 13.0 Å². The fraction of sp³-hybridized carbons (Fsp3) is 0.125. The molecule has 2 heterocycles. The SMILES string of the molecule is CC(C(=O)Nc1ccc(NC(=O)c2nccnc2N)cc1)n1cncn1. The van der Waals surface area contributed by atoms with E-state index in [0.717, 1.165) is 0 Å². The van der Waals surface area contributed by atoms with Gasteiger partial charge in [0.2, 0.25) is 5.91 Å². The van der Waals surface area contributed by atoms with Crippen LogP contribution in [0.3, 0.4) is 0 Å². The molecule has 2 aromatic heterocycles. The Morgan fingerprint density at radius 3 is 2.35 bits per heavy atom. The predicted octanol–water partition coefficient (Wildman–Crippen LogP) is 1.10. The largest absolute Gasteiger partial charge is 0.382 e. The summed E-state index contributed by atoms with van der Waals surface area (Å²) in [7, 11) is 0. The Hall–Kier alpha value is -3.82. The van der Waals surface area contributed by atoms with E-state index in [1.54, 1.807) is 31.2 Å². The minimum absolute atomic E-state index is 0.0477. The Labute approximate surface area is 148 Å². The van der Waals surface area contributed by atoms with E-state index in [9.17, 15) is 9.59 Å². The Balaban J connectivity index is 1.62. The third-order valence-electron chi connectivity index (χ3n) is 3.56. The van der Waals surface area contributed by atoms with E-state index >= 15 is 0 Å². The van der Waals surface area contributed by atoms with E-state index in [-0.39, 0.29) is 17.4 Å². The van der Waals surface area contributed by atoms with Gasteiger partial charge in [0.15, 0.2) is 11.5 Å². The van der Waals surface area contributed by atoms with E-state index in [0.29, 0.717) is 11.4 Å². The minimum Gasteiger partial charge on any atom is -0.382 e. The molecule has 3 rings (SSSR count). The molecule has 0 saturated heterocycles. The second-order valence-electron chi connectivity index (χ2n) is 5.36. The van der Waals surface area contributed by atoms with Crippen LogP contribution in [-0.4, -0.2) is 36.5 Å². The molecule has 0 aliphatic rings. The van der Waals surface area contributed by atoms with Gasteiger partial charge in [0.1, 0.15) is 18.7 Å². The molecule has 0 aliphatic carbocycles. The Morgan fingerprint density at radius 1 is 1.08 bits per heavy atom. The zero-order valence-electron chi connectivity index (χ0n) is 13.8. The number of benzene rings is 1. The van der Waals surface area contributed by atoms with E-state index in [1.807, 2.05) is 0 Å². The van der Waals surface area contributed by atoms with Crippen molar-refractivity contribution in [2.24, 2.45) is 0 Å². The number of hydrogen-bond acceptors (Lipinski definition) is 7. The molecule has 3 aromatic rings. The lowest BCUT2D eigenvalue weighted by Crippen LogP contribution is -2.24. The van der Waals surface area contributed by atoms with Crippen LogP contribution in [0.1, 0.15) is 23.5 Å². The first-order valence-electron chi connectivity index (χ1n) is 7.67. The van der Waals surface area contributed by atoms with Gasteiger partial charge in [-0.25, -0.2) is 19.6 Å². The van der Waals surface area contributed by atoms with E-state index in [4.69, 9.17) is 5.73 Å². The first kappa shape index (κ1) is 17.0. The quantitative estimate of drug-likeness (QED) is 0.624. The van der Waals surface area contributed by atoms with Gasteiger partial charge in [-0.15, -0.1) is 0 Å². The lowest BCUT2D eigenvalue weighted by molar-refractivity contribution is -0.119. The maximum atomic E-state index is 12.2. The van der Waals surface area contributed by atoms with Gasteiger partial charge in [0.05, 0.1) is 0 Å². The van der Waals surface area contributed by atoms with Gasteiger partial charge in [-0.1, -0.05) is 0 Å². The third-order valence-corrected chi connectivity index (χ3v) is 3.56. The number of amides is 2. The van der Waals surface area contributed by atoms with Crippen LogP contribution in [0.5, 0.6) is 0 Å². The molecule has 10 nitrogen and oxygen atoms in total. The number of rotatable bonds is 5. The second-order valence-corrected chi connectivity index (χ2v) is 5.36. The summed E-state index contributed by atoms with van der Waals surface area (Å²) in [6, 6.07) is 6.14. The first-order valence-corrected chi connectivity index (χ1v) is 7.67. The Morgan fingerprint density at radius 2 is 1.73 bits per heavy atom. The summed E-state index contributed by atoms with van der Waals surface area (Å²) in [6.45, 7) is 1.71. The average molecular weight is 352 g/mol. The first-order chi connectivity index (χ1) is 12.5. The van der Waals surface area contributed by atoms with Crippen LogP contribution >= 0.6 is 0 Å². The van der Waals surface area contributed by atoms with Crippen molar-refractivity contribution in [1.29, 1.82) is 0 Å². The van der Waals surface area contributed by atoms with Crippen molar-refractivity contribution in [3.8, 4) is 0 Å². The molecule has 0 fully saturated rings. The minimum atomic E-state index is -0.503. The summed E-state index contributed by atoms with van der Waals surface area (Å²) in [4.78, 5) is 35.9. The van der Waals surface area contributed by atoms with Crippen LogP contribution in [0.2, 0.25) is 0 Å². The summed E-state index contributed by atoms with van der Waals surface area (Å²) in [5.74, 6) is -0.650. The number of nitrogens with one attached hydrogen (secondary N) is 2. The smallest absolute Gasteiger partial charge is 0.278 e. The van der Waals surface area contributed by atoms with Crippen LogP contribution < -0.4 is 16.4 Å². The molecule has 0 spiro atoms. The Kier molecular flexibility index (Phi) is 4.83. The molecular formula is C16H16N8O2. The normalized spacial score (nSPS) is 11.6. The number of aromatic nitrogens is 5. The van der Waals surface area contributed by atoms with E-state index in [2.05, 4.69) is 30.7 Å². The average Bonchev–Trinajstić information content (AvgIpc) is 3.17. The van der Waals surface area contributed by atoms with Crippen LogP contribution in [-0.2, 0) is 4.79 Å². The molecule has 2 amide bonds. The van der Waals surface area contributed by atoms with Crippen molar-refractivity contribution >= 4 is 29.0 Å². The van der Waals surface area contributed by atoms with Crippen molar-refractivity contribution in [2.75, 3.05) is 16.4 Å². The third kappa shape index (κ3) is 3.80. The summed E-state index contributed by atoms with van der Waals surface area (Å²) in [5, 5.41) is 9.37. The highest BCUT2D eigenvalue weighted by Gasteiger charge is 2.16. The molecule has 132 valence electrons. The zero-order chi connectivity index (χ0) is 18.5. The number of nitrogens with two attached hydrogens (primary N) is 1. The maximum Gasteiger partial charge on any atom is 0.278 e. The predicted molar refractivity (Wildman–Crippen MR) is 94.2 cm³/mol. The molecule has 0 bridgehead atoms. The summed E-state index contributed by atoms with van der Waals surface area (Å²) in [6.07, 6.45) is 5.64. The number of hydrogen-bond donors (Lipinski definition) is 3. The summed E-state index contributed by atoms with van der Waals surface area (Å²) < 4.78 is 1.45. The number of nitrogen functional groups attached to an aromatic ring is 1. The molecule has 1 aromatic carbocycles. The molecule has 0 aliphatic heterocycles. The van der Waals surface area contributed by atoms with Gasteiger partial charge in [-0.3, -0.25) is 9.59 Å². The zero-order valence-corrected chi connectivity index (χ0v) is 13.8. The van der Waals surface area contributed by atoms with Crippen molar-refractivity contribution in [3.63, 3.8) is 0 Å². The summed E-state index contributed by atoms with van der Waals surface area (Å²) in [5.41, 5.74) is 6.79. The number of carbonyl (C=O) groups excluding carboxylic acids is 2. The van der Waals surface area contributed by atoms with Gasteiger partial charge >= 0.3 is 0 Å². The van der Waals surface area contributed by atoms with Crippen LogP contribution in [0.25, 0.3) is 0 Å². The topological polar surface area (TPSA) is 141 Å². The fourth-order valence-corrected chi connectivity index (χ4v) is 2.14. The van der Waals surface area contributed by atoms with Crippen LogP contribution in [0, 0.1) is 0 Å². The van der Waals surface area contributed by atoms with Crippen LogP contribution in [0.15, 0.2) is 49.3 Å². The fourth-order valence-electron chi connectivity index (χ4n) is 2.14. The number of anilines is 3. The lowest BCUT2D eigenvalue weighted by Gasteiger charge is -2.12. The van der Waals surface area contributed by atoms with Gasteiger partial charge in [0, 0.05) is 23.8 Å². The standard InChI is InChI=1S/C16H16N8O2/c1-10(24-9-18-8-21-24)15(25)22-11-2-4-12(5-3-11)23-16(26)13-14(17)20-7-6-19-13/h2-10H,1H3,(H2,17,20)(H,22,25)(H,23,26). The van der Waals surface area contributed by atoms with Crippen molar-refractivity contribution in [1.82, 2.24) is 24.7 Å². The number of nitrogens with zero attached hydrogens (tertiary/aromatic N) is 5. The lowest BCUT2D eigenvalue weighted by atomic mass is 10.2. The molecule has 0 saturated carbocycles. The molecule has 0 radical (unpaired) electrons. The highest BCUT2D eigenvalue weighted by molar-refractivity contribution is 6.05. The van der Waals surface area contributed by atoms with Gasteiger partial charge in [-0.05, 0) is 31.2 Å². The summed E-state index contributed by atoms with van der Waals surface area (Å²) >= 11 is 0. The highest BCUT2D eigenvalue weighted by Crippen LogP contribution is 2.16. The van der Waals surface area contributed by atoms with Gasteiger partial charge in [-0.2, -0.15) is 5.10 Å². The molecule has 1 unspecified atom stereocenters. The van der Waals surface area contributed by atoms with Gasteiger partial charge in [0.25, 0.3) is 5.91 Å². The van der Waals surface area contributed by atoms with Crippen molar-refractivity contribution < 1.29 is 9.59 Å². The molecular weight excluding hydrogens is 336 g/mol. The molecule has 26 heavy (non-hydrogen) atoms. The second kappa shape index (κ2) is 7.38.